The van der Waals surface area contributed by atoms with Gasteiger partial charge in [-0.25, -0.2) is 9.37 Å². The predicted molar refractivity (Wildman–Crippen MR) is 98.4 cm³/mol. The highest BCUT2D eigenvalue weighted by molar-refractivity contribution is 7.13. The van der Waals surface area contributed by atoms with Crippen LogP contribution in [0, 0.1) is 19.7 Å². The van der Waals surface area contributed by atoms with Gasteiger partial charge < -0.3 is 0 Å². The summed E-state index contributed by atoms with van der Waals surface area (Å²) in [6.07, 6.45) is 0. The van der Waals surface area contributed by atoms with Gasteiger partial charge in [-0.1, -0.05) is 23.8 Å². The SMILES string of the molecule is Cc1ccc(-c2nc(C(=O)NNC(=O)c3ccc(F)cc3)cs2)c(C)c1. The molecule has 3 rings (SSSR count). The Morgan fingerprint density at radius 2 is 1.69 bits per heavy atom. The van der Waals surface area contributed by atoms with Gasteiger partial charge >= 0.3 is 0 Å². The molecule has 0 fully saturated rings. The Bertz CT molecular complexity index is 967. The lowest BCUT2D eigenvalue weighted by Gasteiger charge is -2.06. The third-order valence-corrected chi connectivity index (χ3v) is 4.62. The van der Waals surface area contributed by atoms with Crippen LogP contribution >= 0.6 is 11.3 Å². The fourth-order valence-corrected chi connectivity index (χ4v) is 3.30. The smallest absolute Gasteiger partial charge is 0.267 e. The van der Waals surface area contributed by atoms with Crippen LogP contribution in [0.4, 0.5) is 4.39 Å². The van der Waals surface area contributed by atoms with E-state index in [4.69, 9.17) is 0 Å². The van der Waals surface area contributed by atoms with Crippen molar-refractivity contribution in [2.45, 2.75) is 13.8 Å². The number of rotatable bonds is 3. The maximum Gasteiger partial charge on any atom is 0.289 e. The molecule has 0 unspecified atom stereocenters. The number of benzene rings is 2. The van der Waals surface area contributed by atoms with Gasteiger partial charge in [-0.2, -0.15) is 0 Å². The molecule has 7 heteroatoms. The minimum Gasteiger partial charge on any atom is -0.267 e. The molecule has 0 saturated carbocycles. The van der Waals surface area contributed by atoms with Gasteiger partial charge in [-0.05, 0) is 43.7 Å². The average molecular weight is 369 g/mol. The third-order valence-electron chi connectivity index (χ3n) is 3.75. The summed E-state index contributed by atoms with van der Waals surface area (Å²) in [5.41, 5.74) is 8.25. The molecular weight excluding hydrogens is 353 g/mol. The van der Waals surface area contributed by atoms with Gasteiger partial charge in [0, 0.05) is 16.5 Å². The van der Waals surface area contributed by atoms with Crippen LogP contribution in [0.25, 0.3) is 10.6 Å². The zero-order valence-corrected chi connectivity index (χ0v) is 15.0. The highest BCUT2D eigenvalue weighted by atomic mass is 32.1. The number of thiazole rings is 1. The number of halogens is 1. The topological polar surface area (TPSA) is 71.1 Å². The lowest BCUT2D eigenvalue weighted by atomic mass is 10.1. The molecule has 0 bridgehead atoms. The number of hydrazine groups is 1. The summed E-state index contributed by atoms with van der Waals surface area (Å²) in [6.45, 7) is 4.01. The van der Waals surface area contributed by atoms with Gasteiger partial charge in [0.25, 0.3) is 11.8 Å². The zero-order chi connectivity index (χ0) is 18.7. The summed E-state index contributed by atoms with van der Waals surface area (Å²) in [7, 11) is 0. The number of amides is 2. The molecular formula is C19H16FN3O2S. The van der Waals surface area contributed by atoms with E-state index in [9.17, 15) is 14.0 Å². The van der Waals surface area contributed by atoms with Crippen LogP contribution in [-0.4, -0.2) is 16.8 Å². The Balaban J connectivity index is 1.66. The number of carbonyl (C=O) groups is 2. The van der Waals surface area contributed by atoms with E-state index in [-0.39, 0.29) is 11.3 Å². The number of nitrogens with one attached hydrogen (secondary N) is 2. The first-order valence-electron chi connectivity index (χ1n) is 7.83. The number of aromatic nitrogens is 1. The summed E-state index contributed by atoms with van der Waals surface area (Å²) in [5.74, 6) is -1.50. The summed E-state index contributed by atoms with van der Waals surface area (Å²) in [6, 6.07) is 11.0. The van der Waals surface area contributed by atoms with Gasteiger partial charge in [0.05, 0.1) is 0 Å². The molecule has 5 nitrogen and oxygen atoms in total. The molecule has 0 aliphatic heterocycles. The highest BCUT2D eigenvalue weighted by Gasteiger charge is 2.14. The highest BCUT2D eigenvalue weighted by Crippen LogP contribution is 2.27. The molecule has 3 aromatic rings. The van der Waals surface area contributed by atoms with Crippen molar-refractivity contribution in [2.24, 2.45) is 0 Å². The van der Waals surface area contributed by atoms with Crippen LogP contribution in [0.3, 0.4) is 0 Å². The van der Waals surface area contributed by atoms with Crippen LogP contribution in [0.15, 0.2) is 47.8 Å². The number of aryl methyl sites for hydroxylation is 2. The first-order valence-corrected chi connectivity index (χ1v) is 8.71. The second-order valence-electron chi connectivity index (χ2n) is 5.77. The maximum atomic E-state index is 12.9. The second-order valence-corrected chi connectivity index (χ2v) is 6.63. The van der Waals surface area contributed by atoms with E-state index in [0.717, 1.165) is 21.7 Å². The van der Waals surface area contributed by atoms with Gasteiger partial charge in [0.1, 0.15) is 16.5 Å². The third kappa shape index (κ3) is 3.94. The second kappa shape index (κ2) is 7.45. The van der Waals surface area contributed by atoms with E-state index < -0.39 is 17.6 Å². The Morgan fingerprint density at radius 1 is 1.00 bits per heavy atom. The van der Waals surface area contributed by atoms with Crippen molar-refractivity contribution in [2.75, 3.05) is 0 Å². The average Bonchev–Trinajstić information content (AvgIpc) is 3.10. The largest absolute Gasteiger partial charge is 0.289 e. The molecule has 0 saturated heterocycles. The standard InChI is InChI=1S/C19H16FN3O2S/c1-11-3-8-15(12(2)9-11)19-21-16(10-26-19)18(25)23-22-17(24)13-4-6-14(20)7-5-13/h3-10H,1-2H3,(H,22,24)(H,23,25). The van der Waals surface area contributed by atoms with Gasteiger partial charge in [-0.15, -0.1) is 11.3 Å². The number of nitrogens with zero attached hydrogens (tertiary/aromatic N) is 1. The number of carbonyl (C=O) groups excluding carboxylic acids is 2. The molecule has 0 radical (unpaired) electrons. The molecule has 2 aromatic carbocycles. The minimum absolute atomic E-state index is 0.212. The van der Waals surface area contributed by atoms with Crippen molar-refractivity contribution < 1.29 is 14.0 Å². The first kappa shape index (κ1) is 17.8. The van der Waals surface area contributed by atoms with E-state index in [1.807, 2.05) is 26.0 Å². The predicted octanol–water partition coefficient (Wildman–Crippen LogP) is 3.64. The summed E-state index contributed by atoms with van der Waals surface area (Å²) >= 11 is 1.36. The van der Waals surface area contributed by atoms with Crippen LogP contribution in [0.5, 0.6) is 0 Å². The van der Waals surface area contributed by atoms with E-state index in [2.05, 4.69) is 21.9 Å². The van der Waals surface area contributed by atoms with E-state index in [1.54, 1.807) is 5.38 Å². The number of hydrogen-bond acceptors (Lipinski definition) is 4. The van der Waals surface area contributed by atoms with Crippen molar-refractivity contribution in [3.05, 3.63) is 76.0 Å². The molecule has 2 N–H and O–H groups in total. The molecule has 0 atom stereocenters. The quantitative estimate of drug-likeness (QED) is 0.693. The summed E-state index contributed by atoms with van der Waals surface area (Å²) < 4.78 is 12.9. The molecule has 0 spiro atoms. The van der Waals surface area contributed by atoms with Gasteiger partial charge in [0.2, 0.25) is 0 Å². The van der Waals surface area contributed by atoms with Crippen LogP contribution in [0.2, 0.25) is 0 Å². The Hall–Kier alpha value is -3.06. The minimum atomic E-state index is -0.539. The maximum absolute atomic E-state index is 12.9. The normalized spacial score (nSPS) is 10.4. The van der Waals surface area contributed by atoms with Crippen molar-refractivity contribution in [1.29, 1.82) is 0 Å². The van der Waals surface area contributed by atoms with E-state index in [1.165, 1.54) is 35.6 Å². The van der Waals surface area contributed by atoms with Crippen LogP contribution < -0.4 is 10.9 Å². The fraction of sp³-hybridized carbons (Fsp3) is 0.105. The van der Waals surface area contributed by atoms with Crippen molar-refractivity contribution in [3.8, 4) is 10.6 Å². The molecule has 0 aliphatic carbocycles. The van der Waals surface area contributed by atoms with Crippen LogP contribution in [0.1, 0.15) is 32.0 Å². The van der Waals surface area contributed by atoms with E-state index >= 15 is 0 Å². The Kier molecular flexibility index (Phi) is 5.09. The Morgan fingerprint density at radius 3 is 2.38 bits per heavy atom. The van der Waals surface area contributed by atoms with Crippen molar-refractivity contribution in [3.63, 3.8) is 0 Å². The molecule has 1 heterocycles. The van der Waals surface area contributed by atoms with Gasteiger partial charge in [-0.3, -0.25) is 20.4 Å². The van der Waals surface area contributed by atoms with Crippen molar-refractivity contribution in [1.82, 2.24) is 15.8 Å². The first-order chi connectivity index (χ1) is 12.4. The van der Waals surface area contributed by atoms with Crippen LogP contribution in [-0.2, 0) is 0 Å². The Labute approximate surface area is 153 Å². The zero-order valence-electron chi connectivity index (χ0n) is 14.2. The molecule has 2 amide bonds. The molecule has 1 aromatic heterocycles. The number of hydrogen-bond donors (Lipinski definition) is 2. The van der Waals surface area contributed by atoms with Crippen molar-refractivity contribution >= 4 is 23.2 Å². The molecule has 132 valence electrons. The summed E-state index contributed by atoms with van der Waals surface area (Å²) in [5, 5.41) is 2.37. The summed E-state index contributed by atoms with van der Waals surface area (Å²) in [4.78, 5) is 28.4. The monoisotopic (exact) mass is 369 g/mol. The van der Waals surface area contributed by atoms with Gasteiger partial charge in [0.15, 0.2) is 0 Å². The fourth-order valence-electron chi connectivity index (χ4n) is 2.41. The lowest BCUT2D eigenvalue weighted by Crippen LogP contribution is -2.41. The molecule has 26 heavy (non-hydrogen) atoms. The lowest BCUT2D eigenvalue weighted by molar-refractivity contribution is 0.0844. The van der Waals surface area contributed by atoms with E-state index in [0.29, 0.717) is 0 Å². The molecule has 0 aliphatic rings.